The Balaban J connectivity index is 2.53. The molecule has 0 saturated carbocycles. The summed E-state index contributed by atoms with van der Waals surface area (Å²) in [6.45, 7) is 1.30. The lowest BCUT2D eigenvalue weighted by molar-refractivity contribution is -0.0471. The summed E-state index contributed by atoms with van der Waals surface area (Å²) in [6.07, 6.45) is -1.60. The third kappa shape index (κ3) is 5.50. The van der Waals surface area contributed by atoms with Gasteiger partial charge in [-0.1, -0.05) is 48.0 Å². The summed E-state index contributed by atoms with van der Waals surface area (Å²) >= 11 is 0. The smallest absolute Gasteiger partial charge is 0.489 e. The van der Waals surface area contributed by atoms with Gasteiger partial charge in [0, 0.05) is 6.42 Å². The van der Waals surface area contributed by atoms with E-state index in [0.717, 1.165) is 6.07 Å². The second kappa shape index (κ2) is 8.69. The fourth-order valence-electron chi connectivity index (χ4n) is 2.61. The molecule has 2 aromatic carbocycles. The van der Waals surface area contributed by atoms with Gasteiger partial charge in [-0.2, -0.15) is 26.3 Å². The van der Waals surface area contributed by atoms with Crippen LogP contribution in [0.4, 0.5) is 26.3 Å². The number of sulfone groups is 2. The highest BCUT2D eigenvalue weighted by molar-refractivity contribution is 8.09. The molecule has 0 aliphatic heterocycles. The SMILES string of the molecule is Cc1ccc(OCc2ccccc2)c(CC(S(=O)(=O)C(F)(F)F)S(=O)(=O)C(F)(F)F)c1. The molecule has 0 unspecified atom stereocenters. The van der Waals surface area contributed by atoms with E-state index in [-0.39, 0.29) is 12.4 Å². The van der Waals surface area contributed by atoms with Gasteiger partial charge in [-0.05, 0) is 24.1 Å². The molecule has 2 rings (SSSR count). The number of rotatable bonds is 7. The molecule has 0 aromatic heterocycles. The van der Waals surface area contributed by atoms with Crippen molar-refractivity contribution in [1.29, 1.82) is 0 Å². The van der Waals surface area contributed by atoms with Crippen LogP contribution in [0.15, 0.2) is 48.5 Å². The van der Waals surface area contributed by atoms with Gasteiger partial charge in [0.25, 0.3) is 19.7 Å². The number of aryl methyl sites for hydroxylation is 1. The van der Waals surface area contributed by atoms with Crippen LogP contribution in [0.1, 0.15) is 16.7 Å². The first-order chi connectivity index (χ1) is 14.1. The summed E-state index contributed by atoms with van der Waals surface area (Å²) in [7, 11) is -13.5. The number of hydrogen-bond acceptors (Lipinski definition) is 5. The minimum absolute atomic E-state index is 0.139. The third-order valence-corrected chi connectivity index (χ3v) is 8.71. The maximum Gasteiger partial charge on any atom is 0.498 e. The summed E-state index contributed by atoms with van der Waals surface area (Å²) in [5, 5.41) is 0. The summed E-state index contributed by atoms with van der Waals surface area (Å²) in [4.78, 5) is 0. The molecule has 5 nitrogen and oxygen atoms in total. The Morgan fingerprint density at radius 2 is 1.35 bits per heavy atom. The van der Waals surface area contributed by atoms with E-state index in [4.69, 9.17) is 4.74 Å². The molecule has 0 amide bonds. The molecule has 0 spiro atoms. The first kappa shape index (κ1) is 25.0. The van der Waals surface area contributed by atoms with Crippen molar-refractivity contribution in [3.05, 3.63) is 65.2 Å². The summed E-state index contributed by atoms with van der Waals surface area (Å²) in [5.41, 5.74) is -11.9. The molecule has 0 atom stereocenters. The van der Waals surface area contributed by atoms with E-state index in [9.17, 15) is 43.2 Å². The zero-order valence-corrected chi connectivity index (χ0v) is 17.4. The van der Waals surface area contributed by atoms with Crippen molar-refractivity contribution in [2.45, 2.75) is 35.6 Å². The molecule has 0 bridgehead atoms. The molecule has 0 saturated heterocycles. The number of halogens is 6. The van der Waals surface area contributed by atoms with E-state index in [2.05, 4.69) is 0 Å². The third-order valence-electron chi connectivity index (χ3n) is 4.18. The van der Waals surface area contributed by atoms with Crippen LogP contribution in [0.2, 0.25) is 0 Å². The van der Waals surface area contributed by atoms with Crippen molar-refractivity contribution in [3.63, 3.8) is 0 Å². The molecule has 0 fully saturated rings. The van der Waals surface area contributed by atoms with Crippen LogP contribution in [-0.2, 0) is 32.7 Å². The van der Waals surface area contributed by atoms with Crippen molar-refractivity contribution in [2.24, 2.45) is 0 Å². The topological polar surface area (TPSA) is 77.5 Å². The maximum atomic E-state index is 13.0. The Labute approximate surface area is 174 Å². The largest absolute Gasteiger partial charge is 0.498 e. The van der Waals surface area contributed by atoms with Gasteiger partial charge in [-0.3, -0.25) is 0 Å². The van der Waals surface area contributed by atoms with Gasteiger partial charge in [0.15, 0.2) is 4.58 Å². The van der Waals surface area contributed by atoms with Gasteiger partial charge in [-0.25, -0.2) is 16.8 Å². The number of hydrogen-bond donors (Lipinski definition) is 0. The standard InChI is InChI=1S/C18H16F6O5S2/c1-12-7-8-15(29-11-13-5-3-2-4-6-13)14(9-12)10-16(30(25,26)17(19,20)21)31(27,28)18(22,23)24/h2-9,16H,10-11H2,1H3. The van der Waals surface area contributed by atoms with Crippen molar-refractivity contribution < 1.29 is 47.9 Å². The van der Waals surface area contributed by atoms with Gasteiger partial charge < -0.3 is 4.74 Å². The number of alkyl halides is 6. The number of benzene rings is 2. The fourth-order valence-corrected chi connectivity index (χ4v) is 5.99. The molecule has 0 radical (unpaired) electrons. The first-order valence-electron chi connectivity index (χ1n) is 8.44. The molecular formula is C18H16F6O5S2. The van der Waals surface area contributed by atoms with Gasteiger partial charge in [-0.15, -0.1) is 0 Å². The van der Waals surface area contributed by atoms with Crippen LogP contribution in [0.25, 0.3) is 0 Å². The Kier molecular flexibility index (Phi) is 7.00. The quantitative estimate of drug-likeness (QED) is 0.541. The van der Waals surface area contributed by atoms with E-state index in [1.807, 2.05) is 0 Å². The van der Waals surface area contributed by atoms with E-state index < -0.39 is 47.3 Å². The van der Waals surface area contributed by atoms with Crippen molar-refractivity contribution in [1.82, 2.24) is 0 Å². The lowest BCUT2D eigenvalue weighted by atomic mass is 10.1. The second-order valence-corrected chi connectivity index (χ2v) is 11.0. The van der Waals surface area contributed by atoms with E-state index in [1.165, 1.54) is 19.1 Å². The summed E-state index contributed by atoms with van der Waals surface area (Å²) < 4.78 is 127. The van der Waals surface area contributed by atoms with Crippen LogP contribution in [0.5, 0.6) is 5.75 Å². The maximum absolute atomic E-state index is 13.0. The zero-order valence-electron chi connectivity index (χ0n) is 15.7. The lowest BCUT2D eigenvalue weighted by Gasteiger charge is -2.22. The van der Waals surface area contributed by atoms with E-state index in [0.29, 0.717) is 11.1 Å². The first-order valence-corrected chi connectivity index (χ1v) is 11.5. The molecule has 13 heteroatoms. The number of ether oxygens (including phenoxy) is 1. The average Bonchev–Trinajstić information content (AvgIpc) is 2.64. The molecule has 172 valence electrons. The zero-order chi connectivity index (χ0) is 23.7. The van der Waals surface area contributed by atoms with Crippen LogP contribution < -0.4 is 4.74 Å². The predicted octanol–water partition coefficient (Wildman–Crippen LogP) is 4.31. The Morgan fingerprint density at radius 3 is 1.84 bits per heavy atom. The van der Waals surface area contributed by atoms with Crippen molar-refractivity contribution >= 4 is 19.7 Å². The molecule has 31 heavy (non-hydrogen) atoms. The molecule has 0 N–H and O–H groups in total. The highest BCUT2D eigenvalue weighted by Gasteiger charge is 2.62. The van der Waals surface area contributed by atoms with Gasteiger partial charge in [0.2, 0.25) is 0 Å². The van der Waals surface area contributed by atoms with Crippen LogP contribution in [0, 0.1) is 6.92 Å². The highest BCUT2D eigenvalue weighted by atomic mass is 32.3. The molecule has 2 aromatic rings. The van der Waals surface area contributed by atoms with Crippen LogP contribution in [-0.4, -0.2) is 32.4 Å². The summed E-state index contributed by atoms with van der Waals surface area (Å²) in [6, 6.07) is 12.0. The minimum Gasteiger partial charge on any atom is -0.489 e. The predicted molar refractivity (Wildman–Crippen MR) is 99.4 cm³/mol. The highest BCUT2D eigenvalue weighted by Crippen LogP contribution is 2.39. The molecule has 0 heterocycles. The van der Waals surface area contributed by atoms with Gasteiger partial charge >= 0.3 is 11.0 Å². The monoisotopic (exact) mass is 490 g/mol. The van der Waals surface area contributed by atoms with Gasteiger partial charge in [0.1, 0.15) is 12.4 Å². The Morgan fingerprint density at radius 1 is 0.839 bits per heavy atom. The van der Waals surface area contributed by atoms with Crippen molar-refractivity contribution in [2.75, 3.05) is 0 Å². The minimum atomic E-state index is -6.74. The van der Waals surface area contributed by atoms with E-state index in [1.54, 1.807) is 30.3 Å². The molecule has 0 aliphatic carbocycles. The Bertz CT molecular complexity index is 1080. The Hall–Kier alpha value is -2.28. The normalized spacial score (nSPS) is 13.4. The van der Waals surface area contributed by atoms with Crippen LogP contribution >= 0.6 is 0 Å². The summed E-state index contributed by atoms with van der Waals surface area (Å²) in [5.74, 6) is -0.241. The average molecular weight is 490 g/mol. The van der Waals surface area contributed by atoms with E-state index >= 15 is 0 Å². The van der Waals surface area contributed by atoms with Crippen LogP contribution in [0.3, 0.4) is 0 Å². The lowest BCUT2D eigenvalue weighted by Crippen LogP contribution is -2.46. The fraction of sp³-hybridized carbons (Fsp3) is 0.333. The second-order valence-electron chi connectivity index (χ2n) is 6.50. The molecule has 0 aliphatic rings. The van der Waals surface area contributed by atoms with Crippen molar-refractivity contribution in [3.8, 4) is 5.75 Å². The molecular weight excluding hydrogens is 474 g/mol. The van der Waals surface area contributed by atoms with Gasteiger partial charge in [0.05, 0.1) is 0 Å².